The molecule has 5 rings (SSSR count). The predicted molar refractivity (Wildman–Crippen MR) is 142 cm³/mol. The van der Waals surface area contributed by atoms with E-state index in [4.69, 9.17) is 0 Å². The molecular weight excluding hydrogens is 494 g/mol. The molecule has 1 fully saturated rings. The number of rotatable bonds is 4. The second kappa shape index (κ2) is 9.05. The molecule has 0 unspecified atom stereocenters. The first-order valence-corrected chi connectivity index (χ1v) is 13.4. The van der Waals surface area contributed by atoms with Gasteiger partial charge < -0.3 is 5.32 Å². The van der Waals surface area contributed by atoms with Crippen molar-refractivity contribution in [3.63, 3.8) is 0 Å². The monoisotopic (exact) mass is 521 g/mol. The number of nitrogens with one attached hydrogen (secondary N) is 2. The summed E-state index contributed by atoms with van der Waals surface area (Å²) in [5.74, 6) is -2.06. The Kier molecular flexibility index (Phi) is 6.16. The molecule has 2 aromatic carbocycles. The van der Waals surface area contributed by atoms with Gasteiger partial charge in [0.2, 0.25) is 17.7 Å². The van der Waals surface area contributed by atoms with Crippen LogP contribution in [0.3, 0.4) is 0 Å². The second-order valence-corrected chi connectivity index (χ2v) is 12.4. The maximum Gasteiger partial charge on any atom is 0.308 e. The van der Waals surface area contributed by atoms with E-state index in [0.717, 1.165) is 32.9 Å². The van der Waals surface area contributed by atoms with Gasteiger partial charge in [-0.25, -0.2) is 0 Å². The van der Waals surface area contributed by atoms with Gasteiger partial charge in [0.25, 0.3) is 0 Å². The molecule has 2 aliphatic heterocycles. The minimum atomic E-state index is -0.655. The maximum atomic E-state index is 13.1. The van der Waals surface area contributed by atoms with Gasteiger partial charge in [-0.1, -0.05) is 85.8 Å². The normalized spacial score (nSPS) is 21.1. The summed E-state index contributed by atoms with van der Waals surface area (Å²) in [7, 11) is 0. The van der Waals surface area contributed by atoms with E-state index in [2.05, 4.69) is 31.4 Å². The first-order chi connectivity index (χ1) is 17.0. The van der Waals surface area contributed by atoms with Gasteiger partial charge in [0, 0.05) is 16.5 Å². The standard InChI is InChI=1S/C27H27N3O4S2/c1-14-5-11-17(12-6-14)28-18(31)13-30-25-22(36-26(30)34)19(20-21(35-25)24(33)29-23(20)32)15-7-9-16(10-8-15)27(2,3)4/h5-12,19-21H,13H2,1-4H3,(H,28,31)(H,29,32,33)/t19-,20+,21-/m0/s1. The summed E-state index contributed by atoms with van der Waals surface area (Å²) in [4.78, 5) is 51.9. The zero-order valence-electron chi connectivity index (χ0n) is 20.5. The van der Waals surface area contributed by atoms with Gasteiger partial charge >= 0.3 is 4.87 Å². The number of aromatic nitrogens is 1. The Hall–Kier alpha value is -3.17. The van der Waals surface area contributed by atoms with Crippen LogP contribution in [-0.2, 0) is 26.3 Å². The van der Waals surface area contributed by atoms with Crippen LogP contribution in [0.15, 0.2) is 58.4 Å². The number of aryl methyl sites for hydroxylation is 1. The number of thioether (sulfide) groups is 1. The molecule has 1 aromatic heterocycles. The smallest absolute Gasteiger partial charge is 0.308 e. The van der Waals surface area contributed by atoms with Gasteiger partial charge in [-0.05, 0) is 35.6 Å². The van der Waals surface area contributed by atoms with E-state index in [1.807, 2.05) is 55.5 Å². The van der Waals surface area contributed by atoms with Crippen LogP contribution in [-0.4, -0.2) is 27.5 Å². The van der Waals surface area contributed by atoms with Crippen LogP contribution in [0.4, 0.5) is 5.69 Å². The zero-order chi connectivity index (χ0) is 25.8. The van der Waals surface area contributed by atoms with Crippen molar-refractivity contribution in [3.8, 4) is 0 Å². The number of imide groups is 1. The Balaban J connectivity index is 1.52. The van der Waals surface area contributed by atoms with E-state index in [1.165, 1.54) is 16.3 Å². The Labute approximate surface area is 217 Å². The van der Waals surface area contributed by atoms with Crippen molar-refractivity contribution in [2.45, 2.75) is 55.8 Å². The lowest BCUT2D eigenvalue weighted by Gasteiger charge is -2.31. The average molecular weight is 522 g/mol. The van der Waals surface area contributed by atoms with Crippen molar-refractivity contribution < 1.29 is 14.4 Å². The Bertz CT molecular complexity index is 1420. The summed E-state index contributed by atoms with van der Waals surface area (Å²) in [6.07, 6.45) is 0. The number of thiazole rings is 1. The Morgan fingerprint density at radius 3 is 2.31 bits per heavy atom. The fourth-order valence-corrected chi connectivity index (χ4v) is 7.45. The first-order valence-electron chi connectivity index (χ1n) is 11.7. The fraction of sp³-hybridized carbons (Fsp3) is 0.333. The lowest BCUT2D eigenvalue weighted by Crippen LogP contribution is -2.32. The largest absolute Gasteiger partial charge is 0.325 e. The highest BCUT2D eigenvalue weighted by Gasteiger charge is 2.52. The van der Waals surface area contributed by atoms with E-state index in [-0.39, 0.29) is 34.6 Å². The molecule has 0 saturated carbocycles. The number of fused-ring (bicyclic) bond motifs is 2. The van der Waals surface area contributed by atoms with Crippen molar-refractivity contribution in [1.29, 1.82) is 0 Å². The highest BCUT2D eigenvalue weighted by atomic mass is 32.2. The number of carbonyl (C=O) groups excluding carboxylic acids is 3. The molecule has 3 amide bonds. The first kappa shape index (κ1) is 24.5. The van der Waals surface area contributed by atoms with Crippen molar-refractivity contribution in [2.75, 3.05) is 5.32 Å². The Morgan fingerprint density at radius 2 is 1.67 bits per heavy atom. The summed E-state index contributed by atoms with van der Waals surface area (Å²) in [6.45, 7) is 8.18. The quantitative estimate of drug-likeness (QED) is 0.505. The third kappa shape index (κ3) is 4.41. The molecule has 9 heteroatoms. The van der Waals surface area contributed by atoms with Crippen LogP contribution >= 0.6 is 23.1 Å². The minimum absolute atomic E-state index is 0.0334. The maximum absolute atomic E-state index is 13.1. The zero-order valence-corrected chi connectivity index (χ0v) is 22.1. The molecule has 0 radical (unpaired) electrons. The molecule has 2 aliphatic rings. The lowest BCUT2D eigenvalue weighted by molar-refractivity contribution is -0.126. The third-order valence-electron chi connectivity index (χ3n) is 6.66. The van der Waals surface area contributed by atoms with Crippen LogP contribution in [0.2, 0.25) is 0 Å². The molecule has 1 saturated heterocycles. The van der Waals surface area contributed by atoms with Crippen molar-refractivity contribution in [2.24, 2.45) is 5.92 Å². The molecule has 0 spiro atoms. The number of hydrogen-bond donors (Lipinski definition) is 2. The number of nitrogens with zero attached hydrogens (tertiary/aromatic N) is 1. The molecular formula is C27H27N3O4S2. The van der Waals surface area contributed by atoms with Crippen molar-refractivity contribution in [3.05, 3.63) is 79.8 Å². The summed E-state index contributed by atoms with van der Waals surface area (Å²) in [5.41, 5.74) is 3.72. The summed E-state index contributed by atoms with van der Waals surface area (Å²) >= 11 is 2.25. The topological polar surface area (TPSA) is 97.3 Å². The van der Waals surface area contributed by atoms with E-state index < -0.39 is 17.1 Å². The summed E-state index contributed by atoms with van der Waals surface area (Å²) < 4.78 is 1.43. The molecule has 3 heterocycles. The molecule has 3 aromatic rings. The van der Waals surface area contributed by atoms with Crippen LogP contribution in [0.1, 0.15) is 48.3 Å². The van der Waals surface area contributed by atoms with Crippen LogP contribution < -0.4 is 15.5 Å². The van der Waals surface area contributed by atoms with Gasteiger partial charge in [0.1, 0.15) is 11.8 Å². The van der Waals surface area contributed by atoms with Gasteiger partial charge in [0.15, 0.2) is 0 Å². The minimum Gasteiger partial charge on any atom is -0.325 e. The second-order valence-electron chi connectivity index (χ2n) is 10.3. The number of amides is 3. The van der Waals surface area contributed by atoms with Gasteiger partial charge in [0.05, 0.1) is 10.9 Å². The van der Waals surface area contributed by atoms with E-state index in [0.29, 0.717) is 10.7 Å². The lowest BCUT2D eigenvalue weighted by atomic mass is 9.81. The SMILES string of the molecule is Cc1ccc(NC(=O)Cn2c3c(sc2=O)[C@@H](c2ccc(C(C)(C)C)cc2)[C@H]2C(=O)NC(=O)[C@H]2S3)cc1. The molecule has 36 heavy (non-hydrogen) atoms. The number of benzene rings is 2. The Morgan fingerprint density at radius 1 is 1.00 bits per heavy atom. The molecule has 3 atom stereocenters. The molecule has 0 bridgehead atoms. The van der Waals surface area contributed by atoms with Crippen molar-refractivity contribution >= 4 is 46.5 Å². The van der Waals surface area contributed by atoms with Crippen LogP contribution in [0.25, 0.3) is 0 Å². The number of carbonyl (C=O) groups is 3. The highest BCUT2D eigenvalue weighted by Crippen LogP contribution is 2.51. The fourth-order valence-electron chi connectivity index (χ4n) is 4.71. The molecule has 186 valence electrons. The number of hydrogen-bond acceptors (Lipinski definition) is 6. The van der Waals surface area contributed by atoms with Gasteiger partial charge in [-0.3, -0.25) is 29.1 Å². The van der Waals surface area contributed by atoms with E-state index in [9.17, 15) is 19.2 Å². The summed E-state index contributed by atoms with van der Waals surface area (Å²) in [5, 5.41) is 5.23. The van der Waals surface area contributed by atoms with E-state index >= 15 is 0 Å². The number of anilines is 1. The van der Waals surface area contributed by atoms with Crippen LogP contribution in [0.5, 0.6) is 0 Å². The molecule has 7 nitrogen and oxygen atoms in total. The molecule has 0 aliphatic carbocycles. The van der Waals surface area contributed by atoms with E-state index in [1.54, 1.807) is 0 Å². The van der Waals surface area contributed by atoms with Gasteiger partial charge in [-0.15, -0.1) is 0 Å². The van der Waals surface area contributed by atoms with Gasteiger partial charge in [-0.2, -0.15) is 0 Å². The summed E-state index contributed by atoms with van der Waals surface area (Å²) in [6, 6.07) is 15.5. The van der Waals surface area contributed by atoms with Crippen LogP contribution in [0, 0.1) is 12.8 Å². The average Bonchev–Trinajstić information content (AvgIpc) is 3.28. The van der Waals surface area contributed by atoms with Crippen molar-refractivity contribution in [1.82, 2.24) is 9.88 Å². The highest BCUT2D eigenvalue weighted by molar-refractivity contribution is 8.00. The molecule has 2 N–H and O–H groups in total. The predicted octanol–water partition coefficient (Wildman–Crippen LogP) is 4.03. The third-order valence-corrected chi connectivity index (χ3v) is 9.28.